The van der Waals surface area contributed by atoms with Gasteiger partial charge in [0.2, 0.25) is 5.91 Å². The molecule has 12 heteroatoms. The molecule has 3 amide bonds. The fourth-order valence-electron chi connectivity index (χ4n) is 4.35. The van der Waals surface area contributed by atoms with E-state index in [4.69, 9.17) is 16.3 Å². The number of rotatable bonds is 7. The van der Waals surface area contributed by atoms with E-state index in [1.807, 2.05) is 6.07 Å². The number of hydrogen-bond donors (Lipinski definition) is 2. The van der Waals surface area contributed by atoms with E-state index in [2.05, 4.69) is 25.7 Å². The first-order valence-corrected chi connectivity index (χ1v) is 12.4. The molecule has 0 saturated carbocycles. The normalized spacial score (nSPS) is 14.8. The number of aromatic nitrogens is 4. The van der Waals surface area contributed by atoms with Crippen LogP contribution in [0.1, 0.15) is 32.1 Å². The lowest BCUT2D eigenvalue weighted by Gasteiger charge is -2.29. The highest BCUT2D eigenvalue weighted by atomic mass is 35.5. The molecule has 0 radical (unpaired) electrons. The average molecular weight is 546 g/mol. The van der Waals surface area contributed by atoms with Crippen molar-refractivity contribution in [1.29, 1.82) is 0 Å². The van der Waals surface area contributed by atoms with Crippen molar-refractivity contribution in [2.24, 2.45) is 7.05 Å². The Bertz CT molecular complexity index is 1560. The van der Waals surface area contributed by atoms with Gasteiger partial charge in [0.25, 0.3) is 11.8 Å². The molecule has 2 N–H and O–H groups in total. The van der Waals surface area contributed by atoms with Gasteiger partial charge in [-0.05, 0) is 35.9 Å². The van der Waals surface area contributed by atoms with E-state index in [1.54, 1.807) is 55.7 Å². The first kappa shape index (κ1) is 25.9. The van der Waals surface area contributed by atoms with Crippen molar-refractivity contribution in [3.05, 3.63) is 94.7 Å². The summed E-state index contributed by atoms with van der Waals surface area (Å²) in [5, 5.41) is 9.83. The monoisotopic (exact) mass is 545 g/mol. The molecule has 4 aromatic rings. The molecule has 1 aliphatic rings. The number of fused-ring (bicyclic) bond motifs is 1. The van der Waals surface area contributed by atoms with Crippen molar-refractivity contribution < 1.29 is 19.1 Å². The Morgan fingerprint density at radius 2 is 1.97 bits per heavy atom. The molecule has 1 aromatic carbocycles. The number of halogens is 1. The summed E-state index contributed by atoms with van der Waals surface area (Å²) in [6.45, 7) is 0.0629. The summed E-state index contributed by atoms with van der Waals surface area (Å²) < 4.78 is 6.59. The number of anilines is 2. The number of nitrogens with zero attached hydrogens (tertiary/aromatic N) is 5. The van der Waals surface area contributed by atoms with Crippen LogP contribution >= 0.6 is 11.6 Å². The van der Waals surface area contributed by atoms with Gasteiger partial charge in [0.15, 0.2) is 0 Å². The van der Waals surface area contributed by atoms with Crippen molar-refractivity contribution >= 4 is 40.8 Å². The summed E-state index contributed by atoms with van der Waals surface area (Å²) in [5.41, 5.74) is 2.13. The first-order valence-electron chi connectivity index (χ1n) is 12.0. The third kappa shape index (κ3) is 5.43. The van der Waals surface area contributed by atoms with E-state index in [9.17, 15) is 14.4 Å². The lowest BCUT2D eigenvalue weighted by Crippen LogP contribution is -2.46. The molecule has 0 aliphatic carbocycles. The second-order valence-electron chi connectivity index (χ2n) is 8.84. The van der Waals surface area contributed by atoms with Crippen LogP contribution in [0.3, 0.4) is 0 Å². The SMILES string of the molecule is COc1ccnc(NC(=O)c2ccc(CN3C(=O)c4c(cnn4C)NC(=O)C3Cc3ccccn3)cc2Cl)c1. The van der Waals surface area contributed by atoms with Crippen LogP contribution < -0.4 is 15.4 Å². The van der Waals surface area contributed by atoms with E-state index in [0.29, 0.717) is 28.5 Å². The maximum atomic E-state index is 13.7. The topological polar surface area (TPSA) is 131 Å². The van der Waals surface area contributed by atoms with Gasteiger partial charge in [0.05, 0.1) is 29.6 Å². The Morgan fingerprint density at radius 3 is 2.72 bits per heavy atom. The van der Waals surface area contributed by atoms with Crippen LogP contribution in [0.4, 0.5) is 11.5 Å². The number of ether oxygens (including phenoxy) is 1. The minimum Gasteiger partial charge on any atom is -0.497 e. The van der Waals surface area contributed by atoms with Crippen LogP contribution in [0.15, 0.2) is 67.1 Å². The lowest BCUT2D eigenvalue weighted by atomic mass is 10.1. The van der Waals surface area contributed by atoms with Gasteiger partial charge >= 0.3 is 0 Å². The van der Waals surface area contributed by atoms with Crippen LogP contribution in [-0.2, 0) is 24.8 Å². The van der Waals surface area contributed by atoms with E-state index < -0.39 is 11.9 Å². The standard InChI is InChI=1S/C27H24ClN7O4/c1-34-24-21(14-31-34)32-26(37)22(12-17-5-3-4-9-29-17)35(27(24)38)15-16-6-7-19(20(28)11-16)25(36)33-23-13-18(39-2)8-10-30-23/h3-11,13-14,22H,12,15H2,1-2H3,(H,32,37)(H,30,33,36). The van der Waals surface area contributed by atoms with Crippen molar-refractivity contribution in [2.75, 3.05) is 17.7 Å². The van der Waals surface area contributed by atoms with Gasteiger partial charge in [0.1, 0.15) is 23.3 Å². The van der Waals surface area contributed by atoms with Crippen molar-refractivity contribution in [3.63, 3.8) is 0 Å². The van der Waals surface area contributed by atoms with Crippen molar-refractivity contribution in [1.82, 2.24) is 24.6 Å². The highest BCUT2D eigenvalue weighted by Gasteiger charge is 2.37. The number of amides is 3. The number of carbonyl (C=O) groups excluding carboxylic acids is 3. The molecular weight excluding hydrogens is 522 g/mol. The van der Waals surface area contributed by atoms with Crippen LogP contribution in [-0.4, -0.2) is 55.5 Å². The third-order valence-corrected chi connectivity index (χ3v) is 6.62. The molecule has 4 heterocycles. The Labute approximate surface area is 228 Å². The van der Waals surface area contributed by atoms with Gasteiger partial charge in [-0.15, -0.1) is 0 Å². The predicted molar refractivity (Wildman–Crippen MR) is 144 cm³/mol. The summed E-state index contributed by atoms with van der Waals surface area (Å²) in [7, 11) is 3.16. The Kier molecular flexibility index (Phi) is 7.24. The molecular formula is C27H24ClN7O4. The number of carbonyl (C=O) groups is 3. The number of benzene rings is 1. The fraction of sp³-hybridized carbons (Fsp3) is 0.185. The lowest BCUT2D eigenvalue weighted by molar-refractivity contribution is -0.120. The number of hydrogen-bond acceptors (Lipinski definition) is 7. The number of aryl methyl sites for hydroxylation is 1. The Morgan fingerprint density at radius 1 is 1.13 bits per heavy atom. The minimum absolute atomic E-state index is 0.0629. The summed E-state index contributed by atoms with van der Waals surface area (Å²) in [4.78, 5) is 49.8. The number of methoxy groups -OCH3 is 1. The van der Waals surface area contributed by atoms with E-state index in [1.165, 1.54) is 29.1 Å². The summed E-state index contributed by atoms with van der Waals surface area (Å²) >= 11 is 6.51. The highest BCUT2D eigenvalue weighted by Crippen LogP contribution is 2.27. The first-order chi connectivity index (χ1) is 18.8. The summed E-state index contributed by atoms with van der Waals surface area (Å²) in [6.07, 6.45) is 4.82. The van der Waals surface area contributed by atoms with Crippen LogP contribution in [0, 0.1) is 0 Å². The average Bonchev–Trinajstić information content (AvgIpc) is 3.26. The Balaban J connectivity index is 1.42. The largest absolute Gasteiger partial charge is 0.497 e. The van der Waals surface area contributed by atoms with Crippen LogP contribution in [0.5, 0.6) is 5.75 Å². The second kappa shape index (κ2) is 10.9. The zero-order chi connectivity index (χ0) is 27.5. The molecule has 1 unspecified atom stereocenters. The van der Waals surface area contributed by atoms with Gasteiger partial charge in [0, 0.05) is 44.2 Å². The molecule has 3 aromatic heterocycles. The fourth-order valence-corrected chi connectivity index (χ4v) is 4.64. The molecule has 198 valence electrons. The number of pyridine rings is 2. The van der Waals surface area contributed by atoms with E-state index in [-0.39, 0.29) is 41.1 Å². The highest BCUT2D eigenvalue weighted by molar-refractivity contribution is 6.34. The quantitative estimate of drug-likeness (QED) is 0.364. The van der Waals surface area contributed by atoms with Gasteiger partial charge in [-0.2, -0.15) is 5.10 Å². The summed E-state index contributed by atoms with van der Waals surface area (Å²) in [5.74, 6) is -0.320. The maximum absolute atomic E-state index is 13.7. The Hall–Kier alpha value is -4.77. The molecule has 0 saturated heterocycles. The molecule has 0 bridgehead atoms. The zero-order valence-electron chi connectivity index (χ0n) is 21.1. The maximum Gasteiger partial charge on any atom is 0.275 e. The molecule has 1 aliphatic heterocycles. The van der Waals surface area contributed by atoms with Crippen LogP contribution in [0.25, 0.3) is 0 Å². The minimum atomic E-state index is -0.847. The van der Waals surface area contributed by atoms with E-state index >= 15 is 0 Å². The predicted octanol–water partition coefficient (Wildman–Crippen LogP) is 3.33. The van der Waals surface area contributed by atoms with E-state index in [0.717, 1.165) is 0 Å². The summed E-state index contributed by atoms with van der Waals surface area (Å²) in [6, 6.07) is 12.7. The van der Waals surface area contributed by atoms with Gasteiger partial charge < -0.3 is 20.3 Å². The molecule has 0 spiro atoms. The number of nitrogens with one attached hydrogen (secondary N) is 2. The zero-order valence-corrected chi connectivity index (χ0v) is 21.8. The van der Waals surface area contributed by atoms with Gasteiger partial charge in [-0.1, -0.05) is 23.7 Å². The van der Waals surface area contributed by atoms with Crippen molar-refractivity contribution in [2.45, 2.75) is 19.0 Å². The molecule has 11 nitrogen and oxygen atoms in total. The molecule has 1 atom stereocenters. The smallest absolute Gasteiger partial charge is 0.275 e. The van der Waals surface area contributed by atoms with Gasteiger partial charge in [-0.25, -0.2) is 4.98 Å². The van der Waals surface area contributed by atoms with Gasteiger partial charge in [-0.3, -0.25) is 24.0 Å². The van der Waals surface area contributed by atoms with Crippen LogP contribution in [0.2, 0.25) is 5.02 Å². The van der Waals surface area contributed by atoms with Crippen molar-refractivity contribution in [3.8, 4) is 5.75 Å². The molecule has 5 rings (SSSR count). The molecule has 0 fully saturated rings. The molecule has 39 heavy (non-hydrogen) atoms. The third-order valence-electron chi connectivity index (χ3n) is 6.31. The second-order valence-corrected chi connectivity index (χ2v) is 9.25.